The topological polar surface area (TPSA) is 21.3 Å². The number of aromatic nitrogens is 1. The van der Waals surface area contributed by atoms with Crippen LogP contribution in [-0.2, 0) is 5.41 Å². The van der Waals surface area contributed by atoms with Gasteiger partial charge in [0.15, 0.2) is 0 Å². The molecule has 0 radical (unpaired) electrons. The lowest BCUT2D eigenvalue weighted by Gasteiger charge is -2.34. The van der Waals surface area contributed by atoms with Crippen molar-refractivity contribution >= 4 is 60.8 Å². The summed E-state index contributed by atoms with van der Waals surface area (Å²) in [5.74, 6) is 0. The van der Waals surface area contributed by atoms with Gasteiger partial charge in [-0.15, -0.1) is 0 Å². The Morgan fingerprint density at radius 3 is 1.56 bits per heavy atom. The minimum absolute atomic E-state index is 0.482. The molecule has 13 aromatic rings. The van der Waals surface area contributed by atoms with Crippen molar-refractivity contribution in [3.8, 4) is 39.1 Å². The summed E-state index contributed by atoms with van der Waals surface area (Å²) in [7, 11) is 0. The molecule has 70 heavy (non-hydrogen) atoms. The number of hydrogen-bond donors (Lipinski definition) is 0. The standard InChI is InChI=1S/C67H44N2O/c1-3-17-48(18-4-1)67(49-19-5-2-6-20-49)61-29-11-7-23-55(61)60-44-53(41-42-62(60)67)68(51-21-15-22-52(43-51)69-63-30-12-8-24-56(63)57-25-9-13-31-64(57)69)50-39-37-46(38-40-50)45-33-35-47(36-34-45)54-27-16-28-59-58-26-10-14-32-65(58)70-66(54)59/h1-44H. The molecule has 0 amide bonds. The van der Waals surface area contributed by atoms with Crippen LogP contribution in [0.15, 0.2) is 271 Å². The van der Waals surface area contributed by atoms with Gasteiger partial charge in [-0.25, -0.2) is 0 Å². The predicted octanol–water partition coefficient (Wildman–Crippen LogP) is 17.8. The van der Waals surface area contributed by atoms with E-state index >= 15 is 0 Å². The fourth-order valence-corrected chi connectivity index (χ4v) is 11.6. The van der Waals surface area contributed by atoms with Gasteiger partial charge >= 0.3 is 0 Å². The summed E-state index contributed by atoms with van der Waals surface area (Å²) >= 11 is 0. The molecule has 11 aromatic carbocycles. The Morgan fingerprint density at radius 1 is 0.329 bits per heavy atom. The Hall–Kier alpha value is -9.18. The third-order valence-corrected chi connectivity index (χ3v) is 14.7. The SMILES string of the molecule is c1ccc(C2(c3ccccc3)c3ccccc3-c3cc(N(c4ccc(-c5ccc(-c6cccc7c6oc6ccccc67)cc5)cc4)c4cccc(-n5c6ccccc6c6ccccc65)c4)ccc32)cc1. The Labute approximate surface area is 406 Å². The molecule has 1 aliphatic rings. The Balaban J connectivity index is 0.914. The van der Waals surface area contributed by atoms with Crippen molar-refractivity contribution in [3.05, 3.63) is 289 Å². The molecule has 14 rings (SSSR count). The summed E-state index contributed by atoms with van der Waals surface area (Å²) in [4.78, 5) is 2.42. The van der Waals surface area contributed by atoms with Gasteiger partial charge in [-0.2, -0.15) is 0 Å². The summed E-state index contributed by atoms with van der Waals surface area (Å²) < 4.78 is 8.82. The van der Waals surface area contributed by atoms with E-state index in [9.17, 15) is 0 Å². The molecule has 0 saturated heterocycles. The van der Waals surface area contributed by atoms with Gasteiger partial charge in [-0.1, -0.05) is 206 Å². The minimum atomic E-state index is -0.482. The molecule has 0 spiro atoms. The zero-order valence-electron chi connectivity index (χ0n) is 38.2. The van der Waals surface area contributed by atoms with E-state index in [0.29, 0.717) is 0 Å². The zero-order valence-corrected chi connectivity index (χ0v) is 38.2. The lowest BCUT2D eigenvalue weighted by molar-refractivity contribution is 0.670. The van der Waals surface area contributed by atoms with Crippen molar-refractivity contribution in [2.75, 3.05) is 4.90 Å². The van der Waals surface area contributed by atoms with Crippen molar-refractivity contribution in [1.29, 1.82) is 0 Å². The fraction of sp³-hybridized carbons (Fsp3) is 0.0149. The van der Waals surface area contributed by atoms with Crippen molar-refractivity contribution in [2.24, 2.45) is 0 Å². The zero-order chi connectivity index (χ0) is 46.2. The van der Waals surface area contributed by atoms with Crippen molar-refractivity contribution in [2.45, 2.75) is 5.41 Å². The summed E-state index contributed by atoms with van der Waals surface area (Å²) in [6.45, 7) is 0. The monoisotopic (exact) mass is 892 g/mol. The van der Waals surface area contributed by atoms with E-state index in [-0.39, 0.29) is 0 Å². The first-order chi connectivity index (χ1) is 34.7. The summed E-state index contributed by atoms with van der Waals surface area (Å²) in [6, 6.07) is 97.3. The van der Waals surface area contributed by atoms with Gasteiger partial charge in [0.2, 0.25) is 0 Å². The molecule has 0 fully saturated rings. The quantitative estimate of drug-likeness (QED) is 0.152. The van der Waals surface area contributed by atoms with E-state index in [0.717, 1.165) is 66.9 Å². The Morgan fingerprint density at radius 2 is 0.843 bits per heavy atom. The lowest BCUT2D eigenvalue weighted by Crippen LogP contribution is -2.28. The molecule has 1 aliphatic carbocycles. The van der Waals surface area contributed by atoms with Crippen LogP contribution >= 0.6 is 0 Å². The third-order valence-electron chi connectivity index (χ3n) is 14.7. The molecule has 0 unspecified atom stereocenters. The number of furan rings is 1. The molecule has 2 aromatic heterocycles. The number of rotatable bonds is 8. The van der Waals surface area contributed by atoms with Crippen LogP contribution < -0.4 is 4.90 Å². The van der Waals surface area contributed by atoms with Gasteiger partial charge in [0.1, 0.15) is 11.2 Å². The number of fused-ring (bicyclic) bond motifs is 9. The molecule has 0 aliphatic heterocycles. The van der Waals surface area contributed by atoms with Gasteiger partial charge in [-0.3, -0.25) is 0 Å². The fourth-order valence-electron chi connectivity index (χ4n) is 11.6. The van der Waals surface area contributed by atoms with Crippen LogP contribution in [0.4, 0.5) is 17.1 Å². The summed E-state index contributed by atoms with van der Waals surface area (Å²) in [6.07, 6.45) is 0. The highest BCUT2D eigenvalue weighted by molar-refractivity contribution is 6.10. The predicted molar refractivity (Wildman–Crippen MR) is 291 cm³/mol. The Bertz CT molecular complexity index is 4020. The van der Waals surface area contributed by atoms with Crippen molar-refractivity contribution in [3.63, 3.8) is 0 Å². The van der Waals surface area contributed by atoms with Crippen LogP contribution in [0.3, 0.4) is 0 Å². The Kier molecular flexibility index (Phi) is 9.11. The van der Waals surface area contributed by atoms with Crippen LogP contribution in [0.1, 0.15) is 22.3 Å². The molecule has 0 atom stereocenters. The lowest BCUT2D eigenvalue weighted by atomic mass is 9.68. The van der Waals surface area contributed by atoms with E-state index in [1.807, 2.05) is 12.1 Å². The first kappa shape index (κ1) is 39.9. The molecular formula is C67H44N2O. The molecular weight excluding hydrogens is 849 g/mol. The molecule has 3 nitrogen and oxygen atoms in total. The van der Waals surface area contributed by atoms with Crippen LogP contribution in [-0.4, -0.2) is 4.57 Å². The second kappa shape index (κ2) is 16.0. The van der Waals surface area contributed by atoms with Crippen molar-refractivity contribution in [1.82, 2.24) is 4.57 Å². The number of hydrogen-bond acceptors (Lipinski definition) is 2. The average molecular weight is 893 g/mol. The van der Waals surface area contributed by atoms with Crippen LogP contribution in [0, 0.1) is 0 Å². The van der Waals surface area contributed by atoms with Crippen LogP contribution in [0.2, 0.25) is 0 Å². The summed E-state index contributed by atoms with van der Waals surface area (Å²) in [5.41, 5.74) is 20.1. The average Bonchev–Trinajstić information content (AvgIpc) is 4.09. The van der Waals surface area contributed by atoms with Gasteiger partial charge in [-0.05, 0) is 111 Å². The van der Waals surface area contributed by atoms with Gasteiger partial charge in [0.05, 0.1) is 16.4 Å². The number of nitrogens with zero attached hydrogens (tertiary/aromatic N) is 2. The van der Waals surface area contributed by atoms with E-state index in [1.165, 1.54) is 55.2 Å². The second-order valence-corrected chi connectivity index (χ2v) is 18.4. The molecule has 0 N–H and O–H groups in total. The maximum Gasteiger partial charge on any atom is 0.143 e. The van der Waals surface area contributed by atoms with E-state index < -0.39 is 5.41 Å². The number of anilines is 3. The van der Waals surface area contributed by atoms with Crippen LogP contribution in [0.5, 0.6) is 0 Å². The van der Waals surface area contributed by atoms with Gasteiger partial charge in [0.25, 0.3) is 0 Å². The smallest absolute Gasteiger partial charge is 0.143 e. The molecule has 328 valence electrons. The summed E-state index contributed by atoms with van der Waals surface area (Å²) in [5, 5.41) is 4.76. The van der Waals surface area contributed by atoms with E-state index in [2.05, 4.69) is 264 Å². The van der Waals surface area contributed by atoms with Crippen LogP contribution in [0.25, 0.3) is 82.8 Å². The molecule has 0 saturated carbocycles. The van der Waals surface area contributed by atoms with E-state index in [4.69, 9.17) is 4.42 Å². The highest BCUT2D eigenvalue weighted by Gasteiger charge is 2.46. The second-order valence-electron chi connectivity index (χ2n) is 18.4. The first-order valence-corrected chi connectivity index (χ1v) is 24.1. The number of para-hydroxylation sites is 4. The van der Waals surface area contributed by atoms with Gasteiger partial charge in [0, 0.05) is 49.9 Å². The minimum Gasteiger partial charge on any atom is -0.455 e. The van der Waals surface area contributed by atoms with E-state index in [1.54, 1.807) is 0 Å². The normalized spacial score (nSPS) is 12.7. The third kappa shape index (κ3) is 6.08. The highest BCUT2D eigenvalue weighted by atomic mass is 16.3. The molecule has 2 heterocycles. The molecule has 0 bridgehead atoms. The van der Waals surface area contributed by atoms with Gasteiger partial charge < -0.3 is 13.9 Å². The molecule has 3 heteroatoms. The maximum atomic E-state index is 6.41. The number of benzene rings is 11. The highest BCUT2D eigenvalue weighted by Crippen LogP contribution is 2.57. The first-order valence-electron chi connectivity index (χ1n) is 24.1. The largest absolute Gasteiger partial charge is 0.455 e. The maximum absolute atomic E-state index is 6.41. The van der Waals surface area contributed by atoms with Crippen molar-refractivity contribution < 1.29 is 4.42 Å².